The number of nitrogens with one attached hydrogen (secondary N) is 1. The average Bonchev–Trinajstić information content (AvgIpc) is 3.20. The molecule has 3 aromatic rings. The Balaban J connectivity index is 1.71. The van der Waals surface area contributed by atoms with Crippen LogP contribution in [0.25, 0.3) is 11.4 Å². The number of carbonyl (C=O) groups excluding carboxylic acids is 1. The molecule has 0 aliphatic carbocycles. The average molecular weight is 404 g/mol. The summed E-state index contributed by atoms with van der Waals surface area (Å²) in [4.78, 5) is 16.8. The number of halogens is 1. The molecule has 0 radical (unpaired) electrons. The van der Waals surface area contributed by atoms with Gasteiger partial charge in [0.1, 0.15) is 0 Å². The summed E-state index contributed by atoms with van der Waals surface area (Å²) in [7, 11) is 4.46. The van der Waals surface area contributed by atoms with Gasteiger partial charge in [0.2, 0.25) is 17.5 Å². The lowest BCUT2D eigenvalue weighted by molar-refractivity contribution is 0.0945. The highest BCUT2D eigenvalue weighted by Crippen LogP contribution is 2.38. The van der Waals surface area contributed by atoms with Crippen molar-refractivity contribution in [3.63, 3.8) is 0 Å². The third-order valence-corrected chi connectivity index (χ3v) is 4.15. The minimum atomic E-state index is -0.356. The van der Waals surface area contributed by atoms with Crippen LogP contribution >= 0.6 is 11.6 Å². The summed E-state index contributed by atoms with van der Waals surface area (Å²) < 4.78 is 21.0. The highest BCUT2D eigenvalue weighted by molar-refractivity contribution is 6.30. The number of methoxy groups -OCH3 is 3. The SMILES string of the molecule is COc1cc(C(=O)NCc2nc(-c3ccc(Cl)cc3)no2)cc(OC)c1OC. The van der Waals surface area contributed by atoms with Gasteiger partial charge >= 0.3 is 0 Å². The van der Waals surface area contributed by atoms with E-state index in [0.29, 0.717) is 33.7 Å². The fourth-order valence-electron chi connectivity index (χ4n) is 2.51. The van der Waals surface area contributed by atoms with Crippen LogP contribution in [0.1, 0.15) is 16.2 Å². The summed E-state index contributed by atoms with van der Waals surface area (Å²) >= 11 is 5.87. The maximum atomic E-state index is 12.5. The number of rotatable bonds is 7. The van der Waals surface area contributed by atoms with Crippen LogP contribution < -0.4 is 19.5 Å². The zero-order valence-electron chi connectivity index (χ0n) is 15.5. The molecule has 146 valence electrons. The molecular formula is C19H18ClN3O5. The molecule has 0 saturated heterocycles. The van der Waals surface area contributed by atoms with E-state index in [1.807, 2.05) is 0 Å². The minimum Gasteiger partial charge on any atom is -0.493 e. The largest absolute Gasteiger partial charge is 0.493 e. The van der Waals surface area contributed by atoms with E-state index in [1.165, 1.54) is 21.3 Å². The highest BCUT2D eigenvalue weighted by Gasteiger charge is 2.17. The molecule has 1 heterocycles. The Kier molecular flexibility index (Phi) is 6.00. The van der Waals surface area contributed by atoms with Gasteiger partial charge in [-0.05, 0) is 36.4 Å². The third kappa shape index (κ3) is 4.17. The van der Waals surface area contributed by atoms with Crippen LogP contribution in [0.3, 0.4) is 0 Å². The molecule has 8 nitrogen and oxygen atoms in total. The standard InChI is InChI=1S/C19H18ClN3O5/c1-25-14-8-12(9-15(26-2)17(14)27-3)19(24)21-10-16-22-18(23-28-16)11-4-6-13(20)7-5-11/h4-9H,10H2,1-3H3,(H,21,24). The number of hydrogen-bond donors (Lipinski definition) is 1. The monoisotopic (exact) mass is 403 g/mol. The Labute approximate surface area is 166 Å². The van der Waals surface area contributed by atoms with Crippen molar-refractivity contribution in [2.75, 3.05) is 21.3 Å². The first-order valence-electron chi connectivity index (χ1n) is 8.22. The fourth-order valence-corrected chi connectivity index (χ4v) is 2.64. The molecule has 0 spiro atoms. The molecule has 2 aromatic carbocycles. The van der Waals surface area contributed by atoms with Crippen molar-refractivity contribution in [2.24, 2.45) is 0 Å². The van der Waals surface area contributed by atoms with E-state index in [2.05, 4.69) is 15.5 Å². The van der Waals surface area contributed by atoms with E-state index in [0.717, 1.165) is 5.56 Å². The van der Waals surface area contributed by atoms with Crippen molar-refractivity contribution in [3.8, 4) is 28.6 Å². The number of amides is 1. The second-order valence-corrected chi connectivity index (χ2v) is 6.05. The molecule has 0 fully saturated rings. The van der Waals surface area contributed by atoms with Crippen LogP contribution in [0, 0.1) is 0 Å². The van der Waals surface area contributed by atoms with Crippen LogP contribution in [0.5, 0.6) is 17.2 Å². The normalized spacial score (nSPS) is 10.4. The predicted octanol–water partition coefficient (Wildman–Crippen LogP) is 3.35. The van der Waals surface area contributed by atoms with Crippen molar-refractivity contribution in [3.05, 3.63) is 52.9 Å². The molecule has 0 bridgehead atoms. The Morgan fingerprint density at radius 1 is 1.07 bits per heavy atom. The van der Waals surface area contributed by atoms with Gasteiger partial charge in [0.05, 0.1) is 27.9 Å². The Morgan fingerprint density at radius 3 is 2.29 bits per heavy atom. The zero-order chi connectivity index (χ0) is 20.1. The van der Waals surface area contributed by atoms with Crippen LogP contribution in [-0.4, -0.2) is 37.4 Å². The maximum Gasteiger partial charge on any atom is 0.251 e. The molecule has 28 heavy (non-hydrogen) atoms. The first-order chi connectivity index (χ1) is 13.5. The van der Waals surface area contributed by atoms with Crippen molar-refractivity contribution in [1.29, 1.82) is 0 Å². The van der Waals surface area contributed by atoms with Gasteiger partial charge < -0.3 is 24.1 Å². The third-order valence-electron chi connectivity index (χ3n) is 3.90. The summed E-state index contributed by atoms with van der Waals surface area (Å²) in [6.07, 6.45) is 0. The van der Waals surface area contributed by atoms with Crippen LogP contribution in [0.15, 0.2) is 40.9 Å². The smallest absolute Gasteiger partial charge is 0.251 e. The number of aromatic nitrogens is 2. The molecule has 1 aromatic heterocycles. The van der Waals surface area contributed by atoms with E-state index >= 15 is 0 Å². The molecule has 1 amide bonds. The lowest BCUT2D eigenvalue weighted by Gasteiger charge is -2.13. The minimum absolute atomic E-state index is 0.0656. The molecular weight excluding hydrogens is 386 g/mol. The van der Waals surface area contributed by atoms with E-state index in [9.17, 15) is 4.79 Å². The van der Waals surface area contributed by atoms with Gasteiger partial charge in [-0.3, -0.25) is 4.79 Å². The molecule has 0 saturated carbocycles. The maximum absolute atomic E-state index is 12.5. The lowest BCUT2D eigenvalue weighted by atomic mass is 10.1. The van der Waals surface area contributed by atoms with Gasteiger partial charge in [0, 0.05) is 16.1 Å². The quantitative estimate of drug-likeness (QED) is 0.646. The van der Waals surface area contributed by atoms with Crippen molar-refractivity contribution in [2.45, 2.75) is 6.54 Å². The number of benzene rings is 2. The molecule has 0 atom stereocenters. The Bertz CT molecular complexity index is 947. The van der Waals surface area contributed by atoms with Crippen LogP contribution in [0.4, 0.5) is 0 Å². The van der Waals surface area contributed by atoms with Crippen molar-refractivity contribution >= 4 is 17.5 Å². The zero-order valence-corrected chi connectivity index (χ0v) is 16.2. The predicted molar refractivity (Wildman–Crippen MR) is 102 cm³/mol. The Hall–Kier alpha value is -3.26. The van der Waals surface area contributed by atoms with Gasteiger partial charge in [-0.1, -0.05) is 16.8 Å². The van der Waals surface area contributed by atoms with E-state index in [-0.39, 0.29) is 18.3 Å². The summed E-state index contributed by atoms with van der Waals surface area (Å²) in [5.41, 5.74) is 1.10. The molecule has 0 aliphatic heterocycles. The number of hydrogen-bond acceptors (Lipinski definition) is 7. The molecule has 0 aliphatic rings. The summed E-state index contributed by atoms with van der Waals surface area (Å²) in [5.74, 6) is 1.50. The van der Waals surface area contributed by atoms with E-state index < -0.39 is 0 Å². The van der Waals surface area contributed by atoms with Crippen LogP contribution in [-0.2, 0) is 6.54 Å². The van der Waals surface area contributed by atoms with Crippen molar-refractivity contribution < 1.29 is 23.5 Å². The number of carbonyl (C=O) groups is 1. The topological polar surface area (TPSA) is 95.7 Å². The Morgan fingerprint density at radius 2 is 1.71 bits per heavy atom. The van der Waals surface area contributed by atoms with E-state index in [4.69, 9.17) is 30.3 Å². The lowest BCUT2D eigenvalue weighted by Crippen LogP contribution is -2.23. The van der Waals surface area contributed by atoms with Gasteiger partial charge in [-0.2, -0.15) is 4.98 Å². The van der Waals surface area contributed by atoms with Crippen molar-refractivity contribution in [1.82, 2.24) is 15.5 Å². The molecule has 0 unspecified atom stereocenters. The van der Waals surface area contributed by atoms with E-state index in [1.54, 1.807) is 36.4 Å². The van der Waals surface area contributed by atoms with Gasteiger partial charge in [0.25, 0.3) is 5.91 Å². The highest BCUT2D eigenvalue weighted by atomic mass is 35.5. The van der Waals surface area contributed by atoms with Gasteiger partial charge in [-0.15, -0.1) is 0 Å². The number of nitrogens with zero attached hydrogens (tertiary/aromatic N) is 2. The summed E-state index contributed by atoms with van der Waals surface area (Å²) in [6.45, 7) is 0.0656. The van der Waals surface area contributed by atoms with Crippen LogP contribution in [0.2, 0.25) is 5.02 Å². The second-order valence-electron chi connectivity index (χ2n) is 5.62. The molecule has 9 heteroatoms. The molecule has 3 rings (SSSR count). The molecule has 1 N–H and O–H groups in total. The van der Waals surface area contributed by atoms with Gasteiger partial charge in [0.15, 0.2) is 11.5 Å². The van der Waals surface area contributed by atoms with Gasteiger partial charge in [-0.25, -0.2) is 0 Å². The summed E-state index contributed by atoms with van der Waals surface area (Å²) in [6, 6.07) is 10.2. The fraction of sp³-hybridized carbons (Fsp3) is 0.211. The second kappa shape index (κ2) is 8.62. The first kappa shape index (κ1) is 19.5. The first-order valence-corrected chi connectivity index (χ1v) is 8.60. The number of ether oxygens (including phenoxy) is 3. The summed E-state index contributed by atoms with van der Waals surface area (Å²) in [5, 5.41) is 7.24.